The molecule has 21 heavy (non-hydrogen) atoms. The maximum atomic E-state index is 5.78. The van der Waals surface area contributed by atoms with Crippen molar-refractivity contribution in [3.05, 3.63) is 54.1 Å². The number of tetrazole rings is 1. The van der Waals surface area contributed by atoms with Crippen molar-refractivity contribution < 1.29 is 4.74 Å². The Morgan fingerprint density at radius 3 is 2.71 bits per heavy atom. The van der Waals surface area contributed by atoms with E-state index in [-0.39, 0.29) is 0 Å². The number of nitrogens with two attached hydrogens (primary N) is 1. The highest BCUT2D eigenvalue weighted by Crippen LogP contribution is 2.30. The molecule has 2 N–H and O–H groups in total. The standard InChI is InChI=1S/C15H15N5O/c1-21-14-9-12(16)7-8-13(14)15-17-18-19-20(15)10-11-5-3-2-4-6-11/h2-9H,10,16H2,1H3. The number of ether oxygens (including phenoxy) is 1. The largest absolute Gasteiger partial charge is 0.496 e. The van der Waals surface area contributed by atoms with E-state index in [1.165, 1.54) is 0 Å². The van der Waals surface area contributed by atoms with Gasteiger partial charge in [-0.2, -0.15) is 0 Å². The van der Waals surface area contributed by atoms with Gasteiger partial charge >= 0.3 is 0 Å². The van der Waals surface area contributed by atoms with Crippen molar-refractivity contribution >= 4 is 5.69 Å². The van der Waals surface area contributed by atoms with Gasteiger partial charge in [0.1, 0.15) is 5.75 Å². The predicted octanol–water partition coefficient (Wildman–Crippen LogP) is 1.98. The maximum Gasteiger partial charge on any atom is 0.186 e. The van der Waals surface area contributed by atoms with Gasteiger partial charge in [-0.15, -0.1) is 5.10 Å². The Morgan fingerprint density at radius 1 is 1.14 bits per heavy atom. The molecule has 6 heteroatoms. The summed E-state index contributed by atoms with van der Waals surface area (Å²) in [5.74, 6) is 1.30. The van der Waals surface area contributed by atoms with Crippen LogP contribution in [0.15, 0.2) is 48.5 Å². The molecule has 0 aliphatic rings. The van der Waals surface area contributed by atoms with Crippen LogP contribution < -0.4 is 10.5 Å². The summed E-state index contributed by atoms with van der Waals surface area (Å²) >= 11 is 0. The number of nitrogens with zero attached hydrogens (tertiary/aromatic N) is 4. The van der Waals surface area contributed by atoms with Crippen LogP contribution in [0.2, 0.25) is 0 Å². The van der Waals surface area contributed by atoms with Gasteiger partial charge in [0.15, 0.2) is 5.82 Å². The second-order valence-corrected chi connectivity index (χ2v) is 4.61. The van der Waals surface area contributed by atoms with Crippen LogP contribution in [-0.4, -0.2) is 27.3 Å². The maximum absolute atomic E-state index is 5.78. The highest BCUT2D eigenvalue weighted by molar-refractivity contribution is 5.67. The number of anilines is 1. The molecule has 0 fully saturated rings. The second-order valence-electron chi connectivity index (χ2n) is 4.61. The van der Waals surface area contributed by atoms with Crippen molar-refractivity contribution in [1.82, 2.24) is 20.2 Å². The van der Waals surface area contributed by atoms with Gasteiger partial charge in [-0.3, -0.25) is 0 Å². The highest BCUT2D eigenvalue weighted by Gasteiger charge is 2.14. The number of benzene rings is 2. The molecule has 1 heterocycles. The molecule has 0 amide bonds. The fourth-order valence-electron chi connectivity index (χ4n) is 2.15. The minimum absolute atomic E-state index is 0.594. The Bertz CT molecular complexity index is 739. The lowest BCUT2D eigenvalue weighted by molar-refractivity contribution is 0.416. The van der Waals surface area contributed by atoms with Gasteiger partial charge in [-0.1, -0.05) is 30.3 Å². The molecule has 0 aliphatic heterocycles. The average molecular weight is 281 g/mol. The summed E-state index contributed by atoms with van der Waals surface area (Å²) < 4.78 is 7.11. The van der Waals surface area contributed by atoms with E-state index in [9.17, 15) is 0 Å². The van der Waals surface area contributed by atoms with E-state index in [1.54, 1.807) is 23.9 Å². The van der Waals surface area contributed by atoms with Crippen molar-refractivity contribution in [3.8, 4) is 17.1 Å². The lowest BCUT2D eigenvalue weighted by Crippen LogP contribution is -2.05. The third kappa shape index (κ3) is 2.69. The number of hydrogen-bond acceptors (Lipinski definition) is 5. The normalized spacial score (nSPS) is 10.5. The van der Waals surface area contributed by atoms with Crippen LogP contribution in [-0.2, 0) is 6.54 Å². The average Bonchev–Trinajstić information content (AvgIpc) is 2.96. The van der Waals surface area contributed by atoms with Crippen LogP contribution >= 0.6 is 0 Å². The molecule has 106 valence electrons. The molecule has 0 unspecified atom stereocenters. The van der Waals surface area contributed by atoms with Crippen LogP contribution in [0.25, 0.3) is 11.4 Å². The fraction of sp³-hybridized carbons (Fsp3) is 0.133. The molecule has 0 atom stereocenters. The van der Waals surface area contributed by atoms with Gasteiger partial charge in [-0.25, -0.2) is 4.68 Å². The molecule has 0 aliphatic carbocycles. The summed E-state index contributed by atoms with van der Waals surface area (Å²) in [5, 5.41) is 11.9. The molecule has 1 aromatic heterocycles. The first-order valence-corrected chi connectivity index (χ1v) is 6.52. The quantitative estimate of drug-likeness (QED) is 0.740. The smallest absolute Gasteiger partial charge is 0.186 e. The Balaban J connectivity index is 1.99. The highest BCUT2D eigenvalue weighted by atomic mass is 16.5. The third-order valence-electron chi connectivity index (χ3n) is 3.17. The van der Waals surface area contributed by atoms with Crippen LogP contribution in [0.3, 0.4) is 0 Å². The van der Waals surface area contributed by atoms with Crippen molar-refractivity contribution in [2.24, 2.45) is 0 Å². The van der Waals surface area contributed by atoms with E-state index in [1.807, 2.05) is 36.4 Å². The monoisotopic (exact) mass is 281 g/mol. The SMILES string of the molecule is COc1cc(N)ccc1-c1nnnn1Cc1ccccc1. The van der Waals surface area contributed by atoms with Crippen molar-refractivity contribution in [3.63, 3.8) is 0 Å². The zero-order valence-electron chi connectivity index (χ0n) is 11.6. The summed E-state index contributed by atoms with van der Waals surface area (Å²) in [6.45, 7) is 0.594. The number of hydrogen-bond donors (Lipinski definition) is 1. The molecular weight excluding hydrogens is 266 g/mol. The van der Waals surface area contributed by atoms with Crippen LogP contribution in [0.1, 0.15) is 5.56 Å². The molecule has 6 nitrogen and oxygen atoms in total. The summed E-state index contributed by atoms with van der Waals surface area (Å²) in [4.78, 5) is 0. The lowest BCUT2D eigenvalue weighted by atomic mass is 10.1. The summed E-state index contributed by atoms with van der Waals surface area (Å²) in [6.07, 6.45) is 0. The Morgan fingerprint density at radius 2 is 1.95 bits per heavy atom. The van der Waals surface area contributed by atoms with Crippen LogP contribution in [0, 0.1) is 0 Å². The number of aromatic nitrogens is 4. The molecule has 0 spiro atoms. The van der Waals surface area contributed by atoms with Gasteiger partial charge < -0.3 is 10.5 Å². The zero-order chi connectivity index (χ0) is 14.7. The van der Waals surface area contributed by atoms with E-state index in [0.29, 0.717) is 23.8 Å². The lowest BCUT2D eigenvalue weighted by Gasteiger charge is -2.09. The molecule has 0 bridgehead atoms. The van der Waals surface area contributed by atoms with E-state index in [0.717, 1.165) is 11.1 Å². The Hall–Kier alpha value is -2.89. The second kappa shape index (κ2) is 5.62. The van der Waals surface area contributed by atoms with Crippen molar-refractivity contribution in [2.75, 3.05) is 12.8 Å². The molecule has 2 aromatic carbocycles. The van der Waals surface area contributed by atoms with Gasteiger partial charge in [0, 0.05) is 11.8 Å². The Kier molecular flexibility index (Phi) is 3.51. The summed E-state index contributed by atoms with van der Waals surface area (Å²) in [5.41, 5.74) is 8.35. The minimum atomic E-state index is 0.594. The first kappa shape index (κ1) is 13.1. The predicted molar refractivity (Wildman–Crippen MR) is 79.8 cm³/mol. The molecule has 0 radical (unpaired) electrons. The molecule has 0 saturated heterocycles. The zero-order valence-corrected chi connectivity index (χ0v) is 11.6. The van der Waals surface area contributed by atoms with Gasteiger partial charge in [-0.05, 0) is 28.1 Å². The van der Waals surface area contributed by atoms with Gasteiger partial charge in [0.2, 0.25) is 0 Å². The number of rotatable bonds is 4. The topological polar surface area (TPSA) is 78.8 Å². The first-order chi connectivity index (χ1) is 10.3. The fourth-order valence-corrected chi connectivity index (χ4v) is 2.15. The molecule has 0 saturated carbocycles. The van der Waals surface area contributed by atoms with E-state index in [2.05, 4.69) is 15.5 Å². The number of methoxy groups -OCH3 is 1. The van der Waals surface area contributed by atoms with Crippen LogP contribution in [0.5, 0.6) is 5.75 Å². The third-order valence-corrected chi connectivity index (χ3v) is 3.17. The van der Waals surface area contributed by atoms with Gasteiger partial charge in [0.05, 0.1) is 19.2 Å². The molecule has 3 rings (SSSR count). The van der Waals surface area contributed by atoms with E-state index < -0.39 is 0 Å². The molecule has 3 aromatic rings. The van der Waals surface area contributed by atoms with Gasteiger partial charge in [0.25, 0.3) is 0 Å². The van der Waals surface area contributed by atoms with E-state index >= 15 is 0 Å². The van der Waals surface area contributed by atoms with E-state index in [4.69, 9.17) is 10.5 Å². The number of nitrogen functional groups attached to an aromatic ring is 1. The first-order valence-electron chi connectivity index (χ1n) is 6.52. The minimum Gasteiger partial charge on any atom is -0.496 e. The Labute approximate surface area is 122 Å². The molecular formula is C15H15N5O. The summed E-state index contributed by atoms with van der Waals surface area (Å²) in [7, 11) is 1.60. The summed E-state index contributed by atoms with van der Waals surface area (Å²) in [6, 6.07) is 15.5. The van der Waals surface area contributed by atoms with Crippen LogP contribution in [0.4, 0.5) is 5.69 Å². The van der Waals surface area contributed by atoms with Crippen molar-refractivity contribution in [1.29, 1.82) is 0 Å². The van der Waals surface area contributed by atoms with Crippen molar-refractivity contribution in [2.45, 2.75) is 6.54 Å².